The van der Waals surface area contributed by atoms with Crippen molar-refractivity contribution in [2.24, 2.45) is 0 Å². The van der Waals surface area contributed by atoms with Crippen molar-refractivity contribution in [1.29, 1.82) is 0 Å². The zero-order valence-electron chi connectivity index (χ0n) is 13.4. The molecule has 0 saturated heterocycles. The molecule has 1 heterocycles. The van der Waals surface area contributed by atoms with Crippen LogP contribution in [-0.4, -0.2) is 48.3 Å². The molecule has 8 heteroatoms. The average molecular weight is 316 g/mol. The highest BCUT2D eigenvalue weighted by Gasteiger charge is 2.24. The predicted octanol–water partition coefficient (Wildman–Crippen LogP) is 0.781. The summed E-state index contributed by atoms with van der Waals surface area (Å²) in [5.41, 5.74) is 0. The van der Waals surface area contributed by atoms with Gasteiger partial charge < -0.3 is 9.88 Å². The van der Waals surface area contributed by atoms with E-state index < -0.39 is 10.0 Å². The van der Waals surface area contributed by atoms with Crippen LogP contribution >= 0.6 is 0 Å². The van der Waals surface area contributed by atoms with E-state index in [1.165, 1.54) is 20.3 Å². The van der Waals surface area contributed by atoms with Crippen LogP contribution < -0.4 is 5.32 Å². The summed E-state index contributed by atoms with van der Waals surface area (Å²) in [6, 6.07) is 0.0356. The highest BCUT2D eigenvalue weighted by atomic mass is 32.2. The molecule has 1 amide bonds. The van der Waals surface area contributed by atoms with Crippen LogP contribution in [0.5, 0.6) is 0 Å². The van der Waals surface area contributed by atoms with E-state index in [9.17, 15) is 13.2 Å². The molecule has 1 aromatic rings. The van der Waals surface area contributed by atoms with E-state index >= 15 is 0 Å². The Morgan fingerprint density at radius 1 is 1.33 bits per heavy atom. The van der Waals surface area contributed by atoms with E-state index in [2.05, 4.69) is 10.3 Å². The Morgan fingerprint density at radius 2 is 1.90 bits per heavy atom. The molecule has 0 saturated carbocycles. The first-order chi connectivity index (χ1) is 9.55. The van der Waals surface area contributed by atoms with Gasteiger partial charge in [0.05, 0.1) is 0 Å². The first-order valence-electron chi connectivity index (χ1n) is 6.84. The number of nitrogens with one attached hydrogen (secondary N) is 1. The van der Waals surface area contributed by atoms with Gasteiger partial charge in [0, 0.05) is 32.3 Å². The molecule has 0 aliphatic carbocycles. The van der Waals surface area contributed by atoms with Gasteiger partial charge in [0.15, 0.2) is 5.03 Å². The highest BCUT2D eigenvalue weighted by Crippen LogP contribution is 2.19. The average Bonchev–Trinajstić information content (AvgIpc) is 2.71. The van der Waals surface area contributed by atoms with E-state index in [1.807, 2.05) is 27.7 Å². The molecule has 0 unspecified atom stereocenters. The third-order valence-corrected chi connectivity index (χ3v) is 4.50. The van der Waals surface area contributed by atoms with E-state index in [0.717, 1.165) is 4.31 Å². The van der Waals surface area contributed by atoms with Gasteiger partial charge in [-0.3, -0.25) is 4.79 Å². The summed E-state index contributed by atoms with van der Waals surface area (Å²) < 4.78 is 27.0. The van der Waals surface area contributed by atoms with Crippen molar-refractivity contribution in [3.8, 4) is 0 Å². The number of hydrogen-bond acceptors (Lipinski definition) is 4. The Hall–Kier alpha value is -1.41. The Kier molecular flexibility index (Phi) is 5.52. The Bertz CT molecular complexity index is 603. The molecule has 7 nitrogen and oxygen atoms in total. The van der Waals surface area contributed by atoms with E-state index in [1.54, 1.807) is 4.57 Å². The van der Waals surface area contributed by atoms with Crippen LogP contribution in [0.25, 0.3) is 0 Å². The van der Waals surface area contributed by atoms with Crippen LogP contribution in [0.15, 0.2) is 11.2 Å². The smallest absolute Gasteiger partial charge is 0.261 e. The molecule has 1 aromatic heterocycles. The van der Waals surface area contributed by atoms with Crippen molar-refractivity contribution >= 4 is 15.9 Å². The molecular weight excluding hydrogens is 292 g/mol. The van der Waals surface area contributed by atoms with Gasteiger partial charge >= 0.3 is 0 Å². The lowest BCUT2D eigenvalue weighted by molar-refractivity contribution is -0.122. The number of amides is 1. The summed E-state index contributed by atoms with van der Waals surface area (Å²) >= 11 is 0. The molecule has 0 aliphatic rings. The fraction of sp³-hybridized carbons (Fsp3) is 0.692. The number of aromatic nitrogens is 2. The van der Waals surface area contributed by atoms with Crippen molar-refractivity contribution in [1.82, 2.24) is 19.2 Å². The lowest BCUT2D eigenvalue weighted by Gasteiger charge is -2.12. The van der Waals surface area contributed by atoms with Crippen LogP contribution in [0.4, 0.5) is 0 Å². The summed E-state index contributed by atoms with van der Waals surface area (Å²) in [6.07, 6.45) is 1.42. The fourth-order valence-corrected chi connectivity index (χ4v) is 2.67. The third kappa shape index (κ3) is 4.28. The number of hydrogen-bond donors (Lipinski definition) is 1. The van der Waals surface area contributed by atoms with Gasteiger partial charge in [-0.15, -0.1) is 0 Å². The van der Waals surface area contributed by atoms with Crippen molar-refractivity contribution in [2.75, 3.05) is 14.1 Å². The maximum absolute atomic E-state index is 12.1. The van der Waals surface area contributed by atoms with Gasteiger partial charge in [-0.25, -0.2) is 17.7 Å². The van der Waals surface area contributed by atoms with Crippen LogP contribution in [0.1, 0.15) is 39.4 Å². The molecule has 0 fully saturated rings. The molecule has 120 valence electrons. The third-order valence-electron chi connectivity index (χ3n) is 2.81. The zero-order chi connectivity index (χ0) is 16.4. The summed E-state index contributed by atoms with van der Waals surface area (Å²) in [4.78, 5) is 16.1. The second-order valence-electron chi connectivity index (χ2n) is 5.73. The SMILES string of the molecule is CC(C)NC(=O)Cn1cc(S(=O)(=O)N(C)C)nc1C(C)C. The summed E-state index contributed by atoms with van der Waals surface area (Å²) in [5, 5.41) is 2.75. The second kappa shape index (κ2) is 6.57. The summed E-state index contributed by atoms with van der Waals surface area (Å²) in [6.45, 7) is 7.62. The van der Waals surface area contributed by atoms with Crippen molar-refractivity contribution in [2.45, 2.75) is 51.2 Å². The van der Waals surface area contributed by atoms with Gasteiger partial charge in [0.1, 0.15) is 12.4 Å². The Labute approximate surface area is 126 Å². The van der Waals surface area contributed by atoms with Gasteiger partial charge in [-0.2, -0.15) is 0 Å². The predicted molar refractivity (Wildman–Crippen MR) is 80.5 cm³/mol. The maximum Gasteiger partial charge on any atom is 0.261 e. The van der Waals surface area contributed by atoms with Crippen molar-refractivity contribution in [3.05, 3.63) is 12.0 Å². The first kappa shape index (κ1) is 17.6. The zero-order valence-corrected chi connectivity index (χ0v) is 14.2. The van der Waals surface area contributed by atoms with Crippen LogP contribution in [0.3, 0.4) is 0 Å². The lowest BCUT2D eigenvalue weighted by Crippen LogP contribution is -2.33. The number of carbonyl (C=O) groups excluding carboxylic acids is 1. The number of carbonyl (C=O) groups is 1. The number of imidazole rings is 1. The highest BCUT2D eigenvalue weighted by molar-refractivity contribution is 7.89. The maximum atomic E-state index is 12.1. The topological polar surface area (TPSA) is 84.3 Å². The second-order valence-corrected chi connectivity index (χ2v) is 7.83. The van der Waals surface area contributed by atoms with Gasteiger partial charge in [0.2, 0.25) is 5.91 Å². The van der Waals surface area contributed by atoms with Crippen molar-refractivity contribution < 1.29 is 13.2 Å². The molecule has 0 atom stereocenters. The minimum Gasteiger partial charge on any atom is -0.352 e. The normalized spacial score (nSPS) is 12.4. The van der Waals surface area contributed by atoms with E-state index in [-0.39, 0.29) is 29.4 Å². The van der Waals surface area contributed by atoms with Crippen LogP contribution in [0.2, 0.25) is 0 Å². The monoisotopic (exact) mass is 316 g/mol. The summed E-state index contributed by atoms with van der Waals surface area (Å²) in [5.74, 6) is 0.426. The largest absolute Gasteiger partial charge is 0.352 e. The molecule has 0 radical (unpaired) electrons. The lowest BCUT2D eigenvalue weighted by atomic mass is 10.2. The molecule has 0 aromatic carbocycles. The fourth-order valence-electron chi connectivity index (χ4n) is 1.83. The molecule has 0 spiro atoms. The summed E-state index contributed by atoms with van der Waals surface area (Å²) in [7, 11) is -0.695. The van der Waals surface area contributed by atoms with Gasteiger partial charge in [-0.05, 0) is 13.8 Å². The molecule has 0 aliphatic heterocycles. The molecule has 21 heavy (non-hydrogen) atoms. The quantitative estimate of drug-likeness (QED) is 0.840. The van der Waals surface area contributed by atoms with Crippen LogP contribution in [-0.2, 0) is 21.4 Å². The van der Waals surface area contributed by atoms with Crippen LogP contribution in [0, 0.1) is 0 Å². The Balaban J connectivity index is 3.15. The minimum atomic E-state index is -3.60. The van der Waals surface area contributed by atoms with E-state index in [0.29, 0.717) is 5.82 Å². The van der Waals surface area contributed by atoms with Gasteiger partial charge in [-0.1, -0.05) is 13.8 Å². The molecular formula is C13H24N4O3S. The minimum absolute atomic E-state index is 0.0166. The standard InChI is InChI=1S/C13H24N4O3S/c1-9(2)13-15-12(21(19,20)16(5)6)8-17(13)7-11(18)14-10(3)4/h8-10H,7H2,1-6H3,(H,14,18). The number of nitrogens with zero attached hydrogens (tertiary/aromatic N) is 3. The number of sulfonamides is 1. The molecule has 1 rings (SSSR count). The van der Waals surface area contributed by atoms with E-state index in [4.69, 9.17) is 0 Å². The van der Waals surface area contributed by atoms with Gasteiger partial charge in [0.25, 0.3) is 10.0 Å². The first-order valence-corrected chi connectivity index (χ1v) is 8.28. The molecule has 0 bridgehead atoms. The molecule has 1 N–H and O–H groups in total. The Morgan fingerprint density at radius 3 is 2.33 bits per heavy atom. The number of rotatable bonds is 6. The van der Waals surface area contributed by atoms with Crippen molar-refractivity contribution in [3.63, 3.8) is 0 Å².